The molecule has 0 aliphatic carbocycles. The van der Waals surface area contributed by atoms with Gasteiger partial charge in [-0.2, -0.15) is 0 Å². The zero-order valence-electron chi connectivity index (χ0n) is 17.8. The minimum Gasteiger partial charge on any atom is -0.494 e. The minimum absolute atomic E-state index is 0. The summed E-state index contributed by atoms with van der Waals surface area (Å²) >= 11 is 3.17. The van der Waals surface area contributed by atoms with Gasteiger partial charge in [-0.15, -0.1) is 24.2 Å². The van der Waals surface area contributed by atoms with Crippen LogP contribution in [0, 0.1) is 0 Å². The van der Waals surface area contributed by atoms with Gasteiger partial charge in [0, 0.05) is 17.0 Å². The van der Waals surface area contributed by atoms with Gasteiger partial charge in [0.05, 0.1) is 16.8 Å². The van der Waals surface area contributed by atoms with E-state index in [0.717, 1.165) is 39.0 Å². The smallest absolute Gasteiger partial charge is 0.260 e. The predicted octanol–water partition coefficient (Wildman–Crippen LogP) is 5.44. The van der Waals surface area contributed by atoms with Crippen LogP contribution in [0.3, 0.4) is 0 Å². The van der Waals surface area contributed by atoms with E-state index in [0.29, 0.717) is 18.7 Å². The second kappa shape index (κ2) is 11.6. The highest BCUT2D eigenvalue weighted by Gasteiger charge is 2.21. The average Bonchev–Trinajstić information content (AvgIpc) is 3.14. The van der Waals surface area contributed by atoms with E-state index in [4.69, 9.17) is 9.72 Å². The van der Waals surface area contributed by atoms with Crippen molar-refractivity contribution in [2.24, 2.45) is 0 Å². The summed E-state index contributed by atoms with van der Waals surface area (Å²) in [7, 11) is 4.09. The molecule has 3 rings (SSSR count). The van der Waals surface area contributed by atoms with Crippen molar-refractivity contribution in [3.8, 4) is 5.75 Å². The van der Waals surface area contributed by atoms with Gasteiger partial charge in [-0.3, -0.25) is 9.69 Å². The highest BCUT2D eigenvalue weighted by molar-refractivity contribution is 7.98. The number of rotatable bonds is 9. The number of halogens is 1. The Morgan fingerprint density at radius 2 is 1.97 bits per heavy atom. The number of hydrogen-bond acceptors (Lipinski definition) is 6. The molecule has 1 aromatic heterocycles. The van der Waals surface area contributed by atoms with Gasteiger partial charge >= 0.3 is 0 Å². The number of nitrogens with zero attached hydrogens (tertiary/aromatic N) is 3. The van der Waals surface area contributed by atoms with Gasteiger partial charge in [-0.05, 0) is 76.6 Å². The number of carbonyl (C=O) groups is 1. The van der Waals surface area contributed by atoms with Crippen molar-refractivity contribution in [2.75, 3.05) is 44.9 Å². The van der Waals surface area contributed by atoms with E-state index in [9.17, 15) is 4.79 Å². The molecular weight excluding hydrogens is 438 g/mol. The lowest BCUT2D eigenvalue weighted by molar-refractivity contribution is 0.0986. The van der Waals surface area contributed by atoms with Crippen LogP contribution < -0.4 is 9.64 Å². The van der Waals surface area contributed by atoms with Gasteiger partial charge in [0.1, 0.15) is 5.75 Å². The Morgan fingerprint density at radius 1 is 1.17 bits per heavy atom. The van der Waals surface area contributed by atoms with Crippen LogP contribution in [0.15, 0.2) is 47.4 Å². The fourth-order valence-electron chi connectivity index (χ4n) is 3.01. The van der Waals surface area contributed by atoms with Crippen molar-refractivity contribution in [3.63, 3.8) is 0 Å². The van der Waals surface area contributed by atoms with Gasteiger partial charge in [-0.1, -0.05) is 17.4 Å². The molecule has 30 heavy (non-hydrogen) atoms. The maximum atomic E-state index is 13.4. The fourth-order valence-corrected chi connectivity index (χ4v) is 4.48. The zero-order chi connectivity index (χ0) is 20.8. The van der Waals surface area contributed by atoms with Gasteiger partial charge in [0.2, 0.25) is 0 Å². The first-order chi connectivity index (χ1) is 14.0. The summed E-state index contributed by atoms with van der Waals surface area (Å²) in [6.07, 6.45) is 2.89. The molecule has 0 bridgehead atoms. The van der Waals surface area contributed by atoms with Crippen molar-refractivity contribution >= 4 is 56.8 Å². The number of benzene rings is 2. The monoisotopic (exact) mass is 465 g/mol. The molecule has 1 heterocycles. The molecule has 0 fully saturated rings. The van der Waals surface area contributed by atoms with Crippen molar-refractivity contribution in [2.45, 2.75) is 18.2 Å². The first-order valence-electron chi connectivity index (χ1n) is 9.66. The lowest BCUT2D eigenvalue weighted by atomic mass is 10.2. The van der Waals surface area contributed by atoms with E-state index >= 15 is 0 Å². The molecule has 1 amide bonds. The Labute approximate surface area is 192 Å². The molecule has 2 aromatic carbocycles. The molecule has 0 atom stereocenters. The van der Waals surface area contributed by atoms with Crippen LogP contribution >= 0.6 is 35.5 Å². The van der Waals surface area contributed by atoms with Gasteiger partial charge in [0.25, 0.3) is 5.91 Å². The molecular formula is C22H28ClN3O2S2. The highest BCUT2D eigenvalue weighted by atomic mass is 35.5. The van der Waals surface area contributed by atoms with Crippen molar-refractivity contribution < 1.29 is 9.53 Å². The Bertz CT molecular complexity index is 978. The van der Waals surface area contributed by atoms with Crippen LogP contribution in [0.5, 0.6) is 5.75 Å². The van der Waals surface area contributed by atoms with E-state index in [1.807, 2.05) is 74.6 Å². The molecule has 0 aliphatic heterocycles. The number of fused-ring (bicyclic) bond motifs is 1. The topological polar surface area (TPSA) is 45.7 Å². The second-order valence-electron chi connectivity index (χ2n) is 6.90. The number of hydrogen-bond donors (Lipinski definition) is 0. The number of anilines is 1. The molecule has 162 valence electrons. The van der Waals surface area contributed by atoms with E-state index in [-0.39, 0.29) is 18.3 Å². The minimum atomic E-state index is -0.0104. The van der Waals surface area contributed by atoms with Crippen LogP contribution in [0.25, 0.3) is 10.2 Å². The summed E-state index contributed by atoms with van der Waals surface area (Å²) in [5.41, 5.74) is 1.58. The summed E-state index contributed by atoms with van der Waals surface area (Å²) in [5, 5.41) is 0.729. The summed E-state index contributed by atoms with van der Waals surface area (Å²) in [5.74, 6) is 0.817. The molecule has 8 heteroatoms. The standard InChI is InChI=1S/C22H27N3O2S2.ClH/c1-5-27-17-10-11-19-20(15-17)29-22(23-19)25(13-7-12-24(2)3)21(26)16-8-6-9-18(14-16)28-4;/h6,8-11,14-15H,5,7,12-13H2,1-4H3;1H. The molecule has 0 unspecified atom stereocenters. The lowest BCUT2D eigenvalue weighted by Crippen LogP contribution is -2.33. The summed E-state index contributed by atoms with van der Waals surface area (Å²) in [4.78, 5) is 23.2. The van der Waals surface area contributed by atoms with Crippen LogP contribution in [0.1, 0.15) is 23.7 Å². The Balaban J connectivity index is 0.00000320. The number of aromatic nitrogens is 1. The van der Waals surface area contributed by atoms with Gasteiger partial charge < -0.3 is 9.64 Å². The summed E-state index contributed by atoms with van der Waals surface area (Å²) in [6.45, 7) is 4.13. The molecule has 0 radical (unpaired) electrons. The third-order valence-electron chi connectivity index (χ3n) is 4.44. The number of amides is 1. The Hall–Kier alpha value is -1.80. The van der Waals surface area contributed by atoms with Crippen molar-refractivity contribution in [3.05, 3.63) is 48.0 Å². The van der Waals surface area contributed by atoms with E-state index < -0.39 is 0 Å². The predicted molar refractivity (Wildman–Crippen MR) is 131 cm³/mol. The number of ether oxygens (including phenoxy) is 1. The normalized spacial score (nSPS) is 10.8. The first kappa shape index (κ1) is 24.5. The molecule has 3 aromatic rings. The zero-order valence-corrected chi connectivity index (χ0v) is 20.2. The van der Waals surface area contributed by atoms with Crippen LogP contribution in [0.2, 0.25) is 0 Å². The molecule has 5 nitrogen and oxygen atoms in total. The summed E-state index contributed by atoms with van der Waals surface area (Å²) < 4.78 is 6.63. The van der Waals surface area contributed by atoms with E-state index in [2.05, 4.69) is 4.90 Å². The quantitative estimate of drug-likeness (QED) is 0.394. The molecule has 0 aliphatic rings. The Kier molecular flexibility index (Phi) is 9.42. The molecule has 0 saturated carbocycles. The van der Waals surface area contributed by atoms with Crippen molar-refractivity contribution in [1.29, 1.82) is 0 Å². The highest BCUT2D eigenvalue weighted by Crippen LogP contribution is 2.32. The van der Waals surface area contributed by atoms with Gasteiger partial charge in [-0.25, -0.2) is 4.98 Å². The summed E-state index contributed by atoms with van der Waals surface area (Å²) in [6, 6.07) is 13.7. The second-order valence-corrected chi connectivity index (χ2v) is 8.79. The lowest BCUT2D eigenvalue weighted by Gasteiger charge is -2.21. The molecule has 0 saturated heterocycles. The van der Waals surface area contributed by atoms with Gasteiger partial charge in [0.15, 0.2) is 5.13 Å². The number of thioether (sulfide) groups is 1. The SMILES string of the molecule is CCOc1ccc2nc(N(CCCN(C)C)C(=O)c3cccc(SC)c3)sc2c1.Cl. The maximum absolute atomic E-state index is 13.4. The average molecular weight is 466 g/mol. The van der Waals surface area contributed by atoms with Crippen LogP contribution in [-0.2, 0) is 0 Å². The van der Waals surface area contributed by atoms with E-state index in [1.54, 1.807) is 11.8 Å². The van der Waals surface area contributed by atoms with E-state index in [1.165, 1.54) is 11.3 Å². The number of thiazole rings is 1. The first-order valence-corrected chi connectivity index (χ1v) is 11.7. The number of carbonyl (C=O) groups excluding carboxylic acids is 1. The Morgan fingerprint density at radius 3 is 2.67 bits per heavy atom. The molecule has 0 spiro atoms. The molecule has 0 N–H and O–H groups in total. The largest absolute Gasteiger partial charge is 0.494 e. The third-order valence-corrected chi connectivity index (χ3v) is 6.21. The maximum Gasteiger partial charge on any atom is 0.260 e. The van der Waals surface area contributed by atoms with Crippen molar-refractivity contribution in [1.82, 2.24) is 9.88 Å². The third kappa shape index (κ3) is 6.11. The van der Waals surface area contributed by atoms with Crippen LogP contribution in [0.4, 0.5) is 5.13 Å². The fraction of sp³-hybridized carbons (Fsp3) is 0.364. The van der Waals surface area contributed by atoms with Crippen LogP contribution in [-0.4, -0.2) is 55.8 Å².